The SMILES string of the molecule is CSCC[C@H](Nc1cnc(-c2ccc(-c3nc4ccc(C(F)(F)F)cc4[nH]3)nc2)c(Cl)c1)C(=O)O. The van der Waals surface area contributed by atoms with E-state index in [0.717, 1.165) is 12.1 Å². The van der Waals surface area contributed by atoms with Crippen LogP contribution in [0.25, 0.3) is 33.8 Å². The van der Waals surface area contributed by atoms with E-state index in [9.17, 15) is 23.1 Å². The van der Waals surface area contributed by atoms with Gasteiger partial charge in [0, 0.05) is 11.8 Å². The molecule has 0 saturated heterocycles. The number of H-pyrrole nitrogens is 1. The van der Waals surface area contributed by atoms with Gasteiger partial charge in [-0.2, -0.15) is 24.9 Å². The summed E-state index contributed by atoms with van der Waals surface area (Å²) in [5.41, 5.74) is 1.86. The molecule has 3 heterocycles. The number of rotatable bonds is 8. The van der Waals surface area contributed by atoms with E-state index in [0.29, 0.717) is 51.2 Å². The summed E-state index contributed by atoms with van der Waals surface area (Å²) in [4.78, 5) is 27.3. The number of carbonyl (C=O) groups is 1. The number of benzene rings is 1. The molecule has 1 aromatic carbocycles. The molecule has 0 bridgehead atoms. The molecule has 0 saturated carbocycles. The van der Waals surface area contributed by atoms with E-state index in [-0.39, 0.29) is 5.52 Å². The third kappa shape index (κ3) is 5.68. The van der Waals surface area contributed by atoms with Crippen molar-refractivity contribution in [2.45, 2.75) is 18.6 Å². The number of hydrogen-bond acceptors (Lipinski definition) is 6. The number of aromatic amines is 1. The number of hydrogen-bond donors (Lipinski definition) is 3. The normalized spacial score (nSPS) is 12.6. The van der Waals surface area contributed by atoms with Crippen LogP contribution in [0.1, 0.15) is 12.0 Å². The number of thioether (sulfide) groups is 1. The zero-order valence-corrected chi connectivity index (χ0v) is 19.8. The monoisotopic (exact) mass is 521 g/mol. The van der Waals surface area contributed by atoms with Crippen molar-refractivity contribution >= 4 is 46.1 Å². The number of alkyl halides is 3. The molecule has 0 amide bonds. The highest BCUT2D eigenvalue weighted by Gasteiger charge is 2.30. The average Bonchev–Trinajstić information content (AvgIpc) is 3.25. The Morgan fingerprint density at radius 1 is 1.20 bits per heavy atom. The Bertz CT molecular complexity index is 1360. The Morgan fingerprint density at radius 2 is 2.00 bits per heavy atom. The predicted molar refractivity (Wildman–Crippen MR) is 131 cm³/mol. The minimum atomic E-state index is -4.44. The maximum atomic E-state index is 13.0. The van der Waals surface area contributed by atoms with Gasteiger partial charge >= 0.3 is 12.1 Å². The van der Waals surface area contributed by atoms with Gasteiger partial charge in [0.15, 0.2) is 5.82 Å². The maximum absolute atomic E-state index is 13.0. The third-order valence-corrected chi connectivity index (χ3v) is 6.11. The first-order valence-corrected chi connectivity index (χ1v) is 12.1. The number of aromatic nitrogens is 4. The van der Waals surface area contributed by atoms with Gasteiger partial charge in [-0.3, -0.25) is 9.97 Å². The van der Waals surface area contributed by atoms with Crippen LogP contribution in [0.4, 0.5) is 18.9 Å². The van der Waals surface area contributed by atoms with Crippen molar-refractivity contribution in [1.29, 1.82) is 0 Å². The number of pyridine rings is 2. The molecule has 7 nitrogen and oxygen atoms in total. The molecule has 35 heavy (non-hydrogen) atoms. The summed E-state index contributed by atoms with van der Waals surface area (Å²) in [7, 11) is 0. The molecule has 3 aromatic heterocycles. The number of halogens is 4. The number of aliphatic carboxylic acids is 1. The molecule has 0 aliphatic carbocycles. The number of imidazole rings is 1. The Labute approximate surface area is 207 Å². The number of carboxylic acid groups (broad SMARTS) is 1. The van der Waals surface area contributed by atoms with E-state index in [1.165, 1.54) is 18.5 Å². The molecule has 0 unspecified atom stereocenters. The van der Waals surface area contributed by atoms with Crippen LogP contribution in [0, 0.1) is 0 Å². The number of nitrogens with zero attached hydrogens (tertiary/aromatic N) is 3. The predicted octanol–water partition coefficient (Wildman–Crippen LogP) is 5.98. The van der Waals surface area contributed by atoms with Crippen molar-refractivity contribution in [3.05, 3.63) is 59.4 Å². The second kappa shape index (κ2) is 10.1. The number of anilines is 1. The summed E-state index contributed by atoms with van der Waals surface area (Å²) < 4.78 is 38.9. The van der Waals surface area contributed by atoms with Crippen LogP contribution in [-0.4, -0.2) is 49.1 Å². The molecule has 4 rings (SSSR count). The van der Waals surface area contributed by atoms with Gasteiger partial charge in [0.05, 0.1) is 39.2 Å². The van der Waals surface area contributed by atoms with Gasteiger partial charge in [0.1, 0.15) is 11.7 Å². The fraction of sp³-hybridized carbons (Fsp3) is 0.217. The van der Waals surface area contributed by atoms with Crippen molar-refractivity contribution < 1.29 is 23.1 Å². The van der Waals surface area contributed by atoms with Crippen molar-refractivity contribution in [3.8, 4) is 22.8 Å². The molecule has 0 radical (unpaired) electrons. The van der Waals surface area contributed by atoms with Crippen molar-refractivity contribution in [2.24, 2.45) is 0 Å². The fourth-order valence-electron chi connectivity index (χ4n) is 3.40. The summed E-state index contributed by atoms with van der Waals surface area (Å²) in [5, 5.41) is 12.6. The number of fused-ring (bicyclic) bond motifs is 1. The zero-order valence-electron chi connectivity index (χ0n) is 18.2. The standard InChI is InChI=1S/C23H19ClF3N5O2S/c1-35-7-6-18(22(33)34)30-14-9-15(24)20(29-11-14)12-2-4-17(28-10-12)21-31-16-5-3-13(23(25,26)27)8-19(16)32-21/h2-5,8-11,18,30H,6-7H2,1H3,(H,31,32)(H,33,34)/t18-/m0/s1. The van der Waals surface area contributed by atoms with E-state index < -0.39 is 23.8 Å². The van der Waals surface area contributed by atoms with Crippen LogP contribution in [0.3, 0.4) is 0 Å². The van der Waals surface area contributed by atoms with Gasteiger partial charge in [-0.05, 0) is 54.8 Å². The van der Waals surface area contributed by atoms with Crippen LogP contribution in [0.15, 0.2) is 48.8 Å². The molecule has 0 spiro atoms. The Morgan fingerprint density at radius 3 is 2.63 bits per heavy atom. The molecule has 12 heteroatoms. The topological polar surface area (TPSA) is 104 Å². The van der Waals surface area contributed by atoms with Crippen LogP contribution in [-0.2, 0) is 11.0 Å². The quantitative estimate of drug-likeness (QED) is 0.262. The molecule has 0 fully saturated rings. The van der Waals surface area contributed by atoms with E-state index in [1.807, 2.05) is 6.26 Å². The summed E-state index contributed by atoms with van der Waals surface area (Å²) in [6.45, 7) is 0. The maximum Gasteiger partial charge on any atom is 0.416 e. The van der Waals surface area contributed by atoms with Gasteiger partial charge in [-0.1, -0.05) is 11.6 Å². The van der Waals surface area contributed by atoms with Crippen LogP contribution < -0.4 is 5.32 Å². The highest BCUT2D eigenvalue weighted by atomic mass is 35.5. The largest absolute Gasteiger partial charge is 0.480 e. The minimum Gasteiger partial charge on any atom is -0.480 e. The lowest BCUT2D eigenvalue weighted by molar-refractivity contribution is -0.138. The molecule has 0 aliphatic heterocycles. The average molecular weight is 522 g/mol. The molecule has 4 aromatic rings. The molecule has 1 atom stereocenters. The lowest BCUT2D eigenvalue weighted by Gasteiger charge is -2.16. The zero-order chi connectivity index (χ0) is 25.2. The summed E-state index contributed by atoms with van der Waals surface area (Å²) in [5.74, 6) is 0.0596. The highest BCUT2D eigenvalue weighted by Crippen LogP contribution is 2.32. The smallest absolute Gasteiger partial charge is 0.416 e. The van der Waals surface area contributed by atoms with Crippen LogP contribution in [0.5, 0.6) is 0 Å². The first-order chi connectivity index (χ1) is 16.7. The Hall–Kier alpha value is -3.31. The van der Waals surface area contributed by atoms with E-state index >= 15 is 0 Å². The first-order valence-electron chi connectivity index (χ1n) is 10.3. The van der Waals surface area contributed by atoms with E-state index in [1.54, 1.807) is 30.0 Å². The number of carboxylic acids is 1. The van der Waals surface area contributed by atoms with Crippen molar-refractivity contribution in [3.63, 3.8) is 0 Å². The molecule has 0 aliphatic rings. The summed E-state index contributed by atoms with van der Waals surface area (Å²) >= 11 is 7.96. The Kier molecular flexibility index (Phi) is 7.18. The molecule has 182 valence electrons. The Balaban J connectivity index is 1.54. The fourth-order valence-corrected chi connectivity index (χ4v) is 4.15. The van der Waals surface area contributed by atoms with Crippen LogP contribution >= 0.6 is 23.4 Å². The highest BCUT2D eigenvalue weighted by molar-refractivity contribution is 7.98. The number of nitrogens with one attached hydrogen (secondary N) is 2. The van der Waals surface area contributed by atoms with E-state index in [4.69, 9.17) is 11.6 Å². The molecule has 3 N–H and O–H groups in total. The minimum absolute atomic E-state index is 0.255. The van der Waals surface area contributed by atoms with Gasteiger partial charge < -0.3 is 15.4 Å². The summed E-state index contributed by atoms with van der Waals surface area (Å²) in [6, 6.07) is 7.52. The second-order valence-electron chi connectivity index (χ2n) is 7.62. The van der Waals surface area contributed by atoms with E-state index in [2.05, 4.69) is 25.3 Å². The van der Waals surface area contributed by atoms with Crippen molar-refractivity contribution in [1.82, 2.24) is 19.9 Å². The van der Waals surface area contributed by atoms with Gasteiger partial charge in [0.2, 0.25) is 0 Å². The summed E-state index contributed by atoms with van der Waals surface area (Å²) in [6.07, 6.45) is 0.939. The van der Waals surface area contributed by atoms with Crippen molar-refractivity contribution in [2.75, 3.05) is 17.3 Å². The van der Waals surface area contributed by atoms with Gasteiger partial charge in [0.25, 0.3) is 0 Å². The van der Waals surface area contributed by atoms with Crippen LogP contribution in [0.2, 0.25) is 5.02 Å². The van der Waals surface area contributed by atoms with Gasteiger partial charge in [-0.15, -0.1) is 0 Å². The lowest BCUT2D eigenvalue weighted by atomic mass is 10.1. The van der Waals surface area contributed by atoms with Gasteiger partial charge in [-0.25, -0.2) is 9.78 Å². The first kappa shape index (κ1) is 24.8. The molecular formula is C23H19ClF3N5O2S. The molecular weight excluding hydrogens is 503 g/mol. The second-order valence-corrected chi connectivity index (χ2v) is 9.01. The third-order valence-electron chi connectivity index (χ3n) is 5.18. The lowest BCUT2D eigenvalue weighted by Crippen LogP contribution is -2.29.